The molecule has 0 N–H and O–H groups in total. The monoisotopic (exact) mass is 138 g/mol. The molecule has 0 aromatic heterocycles. The van der Waals surface area contributed by atoms with E-state index < -0.39 is 0 Å². The molecule has 2 bridgehead atoms. The Balaban J connectivity index is 2.14. The minimum Gasteiger partial charge on any atom is -0.0622 e. The summed E-state index contributed by atoms with van der Waals surface area (Å²) in [5, 5.41) is 0. The number of rotatable bonds is 0. The van der Waals surface area contributed by atoms with Crippen molar-refractivity contribution >= 4 is 0 Å². The molecule has 3 fully saturated rings. The lowest BCUT2D eigenvalue weighted by Crippen LogP contribution is -2.36. The van der Waals surface area contributed by atoms with Gasteiger partial charge in [0.15, 0.2) is 0 Å². The van der Waals surface area contributed by atoms with Crippen LogP contribution in [0.15, 0.2) is 0 Å². The Morgan fingerprint density at radius 3 is 2.10 bits per heavy atom. The van der Waals surface area contributed by atoms with Gasteiger partial charge in [0.05, 0.1) is 0 Å². The van der Waals surface area contributed by atoms with Gasteiger partial charge in [-0.25, -0.2) is 0 Å². The van der Waals surface area contributed by atoms with E-state index in [1.54, 1.807) is 0 Å². The molecule has 0 unspecified atom stereocenters. The molecular formula is C10H18. The lowest BCUT2D eigenvalue weighted by atomic mass is 9.58. The Labute approximate surface area is 64.0 Å². The summed E-state index contributed by atoms with van der Waals surface area (Å²) < 4.78 is 0. The smallest absolute Gasteiger partial charge is 0.0323 e. The van der Waals surface area contributed by atoms with Gasteiger partial charge >= 0.3 is 0 Å². The van der Waals surface area contributed by atoms with Crippen LogP contribution in [0.2, 0.25) is 0 Å². The Hall–Kier alpha value is 0. The van der Waals surface area contributed by atoms with E-state index in [0.29, 0.717) is 0 Å². The van der Waals surface area contributed by atoms with Crippen LogP contribution in [0.5, 0.6) is 0 Å². The van der Waals surface area contributed by atoms with E-state index in [1.165, 1.54) is 32.1 Å². The number of hydrogen-bond donors (Lipinski definition) is 0. The first-order chi connectivity index (χ1) is 4.70. The molecule has 0 radical (unpaired) electrons. The largest absolute Gasteiger partial charge is 0.0622 e. The van der Waals surface area contributed by atoms with E-state index >= 15 is 0 Å². The number of fused-ring (bicyclic) bond motifs is 3. The van der Waals surface area contributed by atoms with Crippen LogP contribution in [-0.2, 0) is 0 Å². The fourth-order valence-corrected chi connectivity index (χ4v) is 3.05. The normalized spacial score (nSPS) is 53.4. The predicted molar refractivity (Wildman–Crippen MR) is 43.8 cm³/mol. The molecule has 0 heterocycles. The summed E-state index contributed by atoms with van der Waals surface area (Å²) in [6.45, 7) is 4.93. The Morgan fingerprint density at radius 1 is 1.20 bits per heavy atom. The van der Waals surface area contributed by atoms with Gasteiger partial charge in [-0.2, -0.15) is 0 Å². The molecule has 0 aliphatic heterocycles. The average Bonchev–Trinajstić information content (AvgIpc) is 1.87. The molecule has 58 valence electrons. The van der Waals surface area contributed by atoms with E-state index in [1.807, 2.05) is 0 Å². The van der Waals surface area contributed by atoms with Gasteiger partial charge in [0.2, 0.25) is 0 Å². The molecule has 0 nitrogen and oxygen atoms in total. The summed E-state index contributed by atoms with van der Waals surface area (Å²) in [6.07, 6.45) is 7.59. The second kappa shape index (κ2) is 1.99. The highest BCUT2D eigenvalue weighted by molar-refractivity contribution is 4.91. The first kappa shape index (κ1) is 6.69. The maximum atomic E-state index is 2.48. The average molecular weight is 138 g/mol. The van der Waals surface area contributed by atoms with Crippen LogP contribution in [0.25, 0.3) is 0 Å². The highest BCUT2D eigenvalue weighted by atomic mass is 14.5. The van der Waals surface area contributed by atoms with Gasteiger partial charge in [-0.1, -0.05) is 13.8 Å². The van der Waals surface area contributed by atoms with Crippen molar-refractivity contribution in [3.8, 4) is 0 Å². The summed E-state index contributed by atoms with van der Waals surface area (Å²) >= 11 is 0. The molecule has 0 aromatic rings. The van der Waals surface area contributed by atoms with E-state index in [-0.39, 0.29) is 0 Å². The topological polar surface area (TPSA) is 0 Å². The van der Waals surface area contributed by atoms with Crippen molar-refractivity contribution in [1.82, 2.24) is 0 Å². The zero-order valence-electron chi connectivity index (χ0n) is 7.19. The van der Waals surface area contributed by atoms with E-state index in [0.717, 1.165) is 17.3 Å². The van der Waals surface area contributed by atoms with Gasteiger partial charge in [-0.15, -0.1) is 0 Å². The molecule has 0 heteroatoms. The van der Waals surface area contributed by atoms with Crippen molar-refractivity contribution in [2.24, 2.45) is 17.3 Å². The molecule has 0 saturated heterocycles. The quantitative estimate of drug-likeness (QED) is 0.482. The van der Waals surface area contributed by atoms with Crippen LogP contribution in [0.4, 0.5) is 0 Å². The summed E-state index contributed by atoms with van der Waals surface area (Å²) in [4.78, 5) is 0. The van der Waals surface area contributed by atoms with Crippen molar-refractivity contribution in [2.45, 2.75) is 46.0 Å². The van der Waals surface area contributed by atoms with Gasteiger partial charge < -0.3 is 0 Å². The second-order valence-electron chi connectivity index (χ2n) is 4.83. The van der Waals surface area contributed by atoms with Crippen LogP contribution in [0, 0.1) is 17.3 Å². The third-order valence-electron chi connectivity index (χ3n) is 3.86. The van der Waals surface area contributed by atoms with Crippen molar-refractivity contribution in [2.75, 3.05) is 0 Å². The van der Waals surface area contributed by atoms with Gasteiger partial charge in [-0.05, 0) is 49.4 Å². The molecule has 3 aliphatic rings. The summed E-state index contributed by atoms with van der Waals surface area (Å²) in [7, 11) is 0. The molecule has 3 rings (SSSR count). The lowest BCUT2D eigenvalue weighted by Gasteiger charge is -2.48. The molecule has 0 spiro atoms. The zero-order valence-corrected chi connectivity index (χ0v) is 7.19. The number of hydrogen-bond acceptors (Lipinski definition) is 0. The molecule has 0 amide bonds. The second-order valence-corrected chi connectivity index (χ2v) is 4.83. The van der Waals surface area contributed by atoms with Crippen LogP contribution in [0.3, 0.4) is 0 Å². The van der Waals surface area contributed by atoms with Crippen molar-refractivity contribution < 1.29 is 0 Å². The van der Waals surface area contributed by atoms with Gasteiger partial charge in [0.25, 0.3) is 0 Å². The lowest BCUT2D eigenvalue weighted by molar-refractivity contribution is 0.0340. The maximum absolute atomic E-state index is 2.48. The van der Waals surface area contributed by atoms with E-state index in [9.17, 15) is 0 Å². The van der Waals surface area contributed by atoms with Crippen LogP contribution in [0.1, 0.15) is 46.0 Å². The van der Waals surface area contributed by atoms with Gasteiger partial charge in [-0.3, -0.25) is 0 Å². The fraction of sp³-hybridized carbons (Fsp3) is 1.00. The molecule has 10 heavy (non-hydrogen) atoms. The molecule has 1 atom stereocenters. The highest BCUT2D eigenvalue weighted by Gasteiger charge is 2.40. The van der Waals surface area contributed by atoms with E-state index in [2.05, 4.69) is 13.8 Å². The third kappa shape index (κ3) is 0.889. The summed E-state index contributed by atoms with van der Waals surface area (Å²) in [6, 6.07) is 0. The summed E-state index contributed by atoms with van der Waals surface area (Å²) in [5.74, 6) is 2.13. The van der Waals surface area contributed by atoms with Gasteiger partial charge in [0.1, 0.15) is 0 Å². The van der Waals surface area contributed by atoms with Crippen molar-refractivity contribution in [1.29, 1.82) is 0 Å². The van der Waals surface area contributed by atoms with Crippen LogP contribution >= 0.6 is 0 Å². The molecule has 3 saturated carbocycles. The molecule has 3 aliphatic carbocycles. The van der Waals surface area contributed by atoms with Crippen LogP contribution < -0.4 is 0 Å². The Kier molecular flexibility index (Phi) is 1.33. The predicted octanol–water partition coefficient (Wildman–Crippen LogP) is 3.22. The summed E-state index contributed by atoms with van der Waals surface area (Å²) in [5.41, 5.74) is 0.758. The molecule has 0 aromatic carbocycles. The van der Waals surface area contributed by atoms with E-state index in [4.69, 9.17) is 0 Å². The minimum atomic E-state index is 0.758. The SMILES string of the molecule is C[C@H]1CC2(C)CCC1CC2. The highest BCUT2D eigenvalue weighted by Crippen LogP contribution is 2.52. The Morgan fingerprint density at radius 2 is 1.80 bits per heavy atom. The zero-order chi connectivity index (χ0) is 7.19. The first-order valence-electron chi connectivity index (χ1n) is 4.70. The third-order valence-corrected chi connectivity index (χ3v) is 3.86. The van der Waals surface area contributed by atoms with Crippen LogP contribution in [-0.4, -0.2) is 0 Å². The standard InChI is InChI=1S/C10H18/c1-8-7-10(2)5-3-9(8)4-6-10/h8-9H,3-7H2,1-2H3/t8-,9?,10?/m0/s1. The minimum absolute atomic E-state index is 0.758. The molecular weight excluding hydrogens is 120 g/mol. The van der Waals surface area contributed by atoms with Crippen molar-refractivity contribution in [3.05, 3.63) is 0 Å². The van der Waals surface area contributed by atoms with Gasteiger partial charge in [0, 0.05) is 0 Å². The fourth-order valence-electron chi connectivity index (χ4n) is 3.05. The Bertz CT molecular complexity index is 129. The maximum Gasteiger partial charge on any atom is -0.0323 e. The van der Waals surface area contributed by atoms with Crippen molar-refractivity contribution in [3.63, 3.8) is 0 Å². The first-order valence-corrected chi connectivity index (χ1v) is 4.70.